The van der Waals surface area contributed by atoms with Crippen molar-refractivity contribution in [1.82, 2.24) is 0 Å². The molecule has 2 aromatic rings. The minimum Gasteiger partial charge on any atom is -0.507 e. The normalized spacial score (nSPS) is 18.6. The molecule has 1 atom stereocenters. The molecule has 2 aliphatic rings. The highest BCUT2D eigenvalue weighted by molar-refractivity contribution is 6.74. The Bertz CT molecular complexity index is 1050. The number of ketones is 2. The van der Waals surface area contributed by atoms with Gasteiger partial charge in [0.25, 0.3) is 0 Å². The molecule has 0 spiro atoms. The van der Waals surface area contributed by atoms with Gasteiger partial charge in [0.15, 0.2) is 19.9 Å². The van der Waals surface area contributed by atoms with Crippen molar-refractivity contribution in [3.8, 4) is 5.75 Å². The van der Waals surface area contributed by atoms with E-state index in [9.17, 15) is 14.7 Å². The lowest BCUT2D eigenvalue weighted by atomic mass is 9.75. The standard InChI is InChI=1S/C25H30O4Si/c1-25(2,3)30(4,5)29-14-15-9-11-17-16(13-15)10-12-19-21(17)23(27)18-7-6-8-20(26)22(18)24(19)28/h6-8,10,12,15,26H,9,11,13-14H2,1-5H3/t15-/m1/s1. The van der Waals surface area contributed by atoms with Crippen LogP contribution in [0.5, 0.6) is 5.75 Å². The number of hydrogen-bond donors (Lipinski definition) is 1. The van der Waals surface area contributed by atoms with Crippen molar-refractivity contribution < 1.29 is 19.1 Å². The maximum atomic E-state index is 13.2. The van der Waals surface area contributed by atoms with Crippen molar-refractivity contribution in [3.05, 3.63) is 63.7 Å². The van der Waals surface area contributed by atoms with Crippen molar-refractivity contribution >= 4 is 19.9 Å². The Hall–Kier alpha value is -2.24. The Labute approximate surface area is 179 Å². The molecule has 30 heavy (non-hydrogen) atoms. The molecule has 0 bridgehead atoms. The third kappa shape index (κ3) is 3.34. The summed E-state index contributed by atoms with van der Waals surface area (Å²) in [6.45, 7) is 12.0. The van der Waals surface area contributed by atoms with Crippen LogP contribution in [0.4, 0.5) is 0 Å². The summed E-state index contributed by atoms with van der Waals surface area (Å²) in [5.74, 6) is -0.111. The van der Waals surface area contributed by atoms with E-state index < -0.39 is 8.32 Å². The molecule has 0 amide bonds. The van der Waals surface area contributed by atoms with E-state index in [2.05, 4.69) is 33.9 Å². The number of phenols is 1. The molecule has 0 heterocycles. The molecule has 5 heteroatoms. The first-order chi connectivity index (χ1) is 14.0. The number of rotatable bonds is 3. The van der Waals surface area contributed by atoms with Crippen LogP contribution in [0.2, 0.25) is 18.1 Å². The van der Waals surface area contributed by atoms with Gasteiger partial charge in [-0.1, -0.05) is 39.0 Å². The largest absolute Gasteiger partial charge is 0.507 e. The monoisotopic (exact) mass is 422 g/mol. The van der Waals surface area contributed by atoms with Crippen molar-refractivity contribution in [2.24, 2.45) is 5.92 Å². The third-order valence-electron chi connectivity index (χ3n) is 7.19. The van der Waals surface area contributed by atoms with Gasteiger partial charge in [0.2, 0.25) is 0 Å². The summed E-state index contributed by atoms with van der Waals surface area (Å²) in [5.41, 5.74) is 3.55. The van der Waals surface area contributed by atoms with Crippen LogP contribution in [0.25, 0.3) is 0 Å². The van der Waals surface area contributed by atoms with Crippen LogP contribution >= 0.6 is 0 Å². The van der Waals surface area contributed by atoms with Gasteiger partial charge in [-0.3, -0.25) is 9.59 Å². The first-order valence-corrected chi connectivity index (χ1v) is 13.6. The molecule has 0 aliphatic heterocycles. The van der Waals surface area contributed by atoms with E-state index in [1.54, 1.807) is 18.2 Å². The van der Waals surface area contributed by atoms with Gasteiger partial charge in [0.05, 0.1) is 5.56 Å². The third-order valence-corrected chi connectivity index (χ3v) is 11.7. The van der Waals surface area contributed by atoms with E-state index >= 15 is 0 Å². The fourth-order valence-corrected chi connectivity index (χ4v) is 5.39. The predicted octanol–water partition coefficient (Wildman–Crippen LogP) is 5.29. The van der Waals surface area contributed by atoms with Crippen LogP contribution in [-0.4, -0.2) is 31.6 Å². The average Bonchev–Trinajstić information content (AvgIpc) is 2.68. The molecular weight excluding hydrogens is 392 g/mol. The highest BCUT2D eigenvalue weighted by Crippen LogP contribution is 2.40. The summed E-state index contributed by atoms with van der Waals surface area (Å²) in [6, 6.07) is 8.47. The first-order valence-electron chi connectivity index (χ1n) is 10.7. The molecule has 0 fully saturated rings. The number of phenolic OH excluding ortho intramolecular Hbond substituents is 1. The van der Waals surface area contributed by atoms with Crippen molar-refractivity contribution in [1.29, 1.82) is 0 Å². The second-order valence-electron chi connectivity index (χ2n) is 10.2. The summed E-state index contributed by atoms with van der Waals surface area (Å²) in [5, 5.41) is 10.3. The molecule has 4 nitrogen and oxygen atoms in total. The topological polar surface area (TPSA) is 63.6 Å². The summed E-state index contributed by atoms with van der Waals surface area (Å²) in [7, 11) is -1.79. The van der Waals surface area contributed by atoms with E-state index in [-0.39, 0.29) is 27.9 Å². The number of carbonyl (C=O) groups excluding carboxylic acids is 2. The zero-order chi connectivity index (χ0) is 21.8. The Morgan fingerprint density at radius 2 is 1.70 bits per heavy atom. The van der Waals surface area contributed by atoms with Crippen molar-refractivity contribution in [2.75, 3.05) is 6.61 Å². The van der Waals surface area contributed by atoms with Gasteiger partial charge >= 0.3 is 0 Å². The van der Waals surface area contributed by atoms with Gasteiger partial charge in [-0.15, -0.1) is 0 Å². The van der Waals surface area contributed by atoms with E-state index in [0.29, 0.717) is 22.6 Å². The molecular formula is C25H30O4Si. The Kier molecular flexibility index (Phi) is 5.02. The van der Waals surface area contributed by atoms with Gasteiger partial charge in [0.1, 0.15) is 5.75 Å². The molecule has 0 unspecified atom stereocenters. The molecule has 0 saturated heterocycles. The van der Waals surface area contributed by atoms with E-state index in [1.165, 1.54) is 6.07 Å². The molecule has 4 rings (SSSR count). The predicted molar refractivity (Wildman–Crippen MR) is 120 cm³/mol. The zero-order valence-corrected chi connectivity index (χ0v) is 19.5. The second kappa shape index (κ2) is 7.17. The zero-order valence-electron chi connectivity index (χ0n) is 18.5. The van der Waals surface area contributed by atoms with Gasteiger partial charge < -0.3 is 9.53 Å². The number of aromatic hydroxyl groups is 1. The Morgan fingerprint density at radius 3 is 2.40 bits per heavy atom. The molecule has 158 valence electrons. The van der Waals surface area contributed by atoms with Crippen LogP contribution in [0.3, 0.4) is 0 Å². The van der Waals surface area contributed by atoms with Gasteiger partial charge in [-0.2, -0.15) is 0 Å². The molecule has 0 radical (unpaired) electrons. The first kappa shape index (κ1) is 21.0. The lowest BCUT2D eigenvalue weighted by Crippen LogP contribution is -2.42. The minimum atomic E-state index is -1.79. The summed E-state index contributed by atoms with van der Waals surface area (Å²) in [6.07, 6.45) is 2.59. The van der Waals surface area contributed by atoms with Crippen LogP contribution in [-0.2, 0) is 17.3 Å². The van der Waals surface area contributed by atoms with Gasteiger partial charge in [0, 0.05) is 23.3 Å². The van der Waals surface area contributed by atoms with Crippen molar-refractivity contribution in [3.63, 3.8) is 0 Å². The number of hydrogen-bond acceptors (Lipinski definition) is 4. The Morgan fingerprint density at radius 1 is 1.03 bits per heavy atom. The minimum absolute atomic E-state index is 0.128. The maximum absolute atomic E-state index is 13.2. The number of fused-ring (bicyclic) bond motifs is 4. The smallest absolute Gasteiger partial charge is 0.198 e. The van der Waals surface area contributed by atoms with E-state index in [4.69, 9.17) is 4.43 Å². The SMILES string of the molecule is CC(C)(C)[Si](C)(C)OC[C@@H]1CCc2c(ccc3c2C(=O)c2cccc(O)c2C3=O)C1. The van der Waals surface area contributed by atoms with Gasteiger partial charge in [-0.25, -0.2) is 0 Å². The van der Waals surface area contributed by atoms with Crippen LogP contribution in [0, 0.1) is 5.92 Å². The van der Waals surface area contributed by atoms with Gasteiger partial charge in [-0.05, 0) is 66.6 Å². The molecule has 1 N–H and O–H groups in total. The molecule has 2 aromatic carbocycles. The Balaban J connectivity index is 1.62. The fraction of sp³-hybridized carbons (Fsp3) is 0.440. The average molecular weight is 423 g/mol. The van der Waals surface area contributed by atoms with Crippen LogP contribution < -0.4 is 0 Å². The molecule has 0 aromatic heterocycles. The number of carbonyl (C=O) groups is 2. The highest BCUT2D eigenvalue weighted by atomic mass is 28.4. The summed E-state index contributed by atoms with van der Waals surface area (Å²) < 4.78 is 6.45. The summed E-state index contributed by atoms with van der Waals surface area (Å²) >= 11 is 0. The molecule has 0 saturated carbocycles. The second-order valence-corrected chi connectivity index (χ2v) is 15.0. The lowest BCUT2D eigenvalue weighted by molar-refractivity contribution is 0.0975. The molecule has 2 aliphatic carbocycles. The quantitative estimate of drug-likeness (QED) is 0.582. The maximum Gasteiger partial charge on any atom is 0.198 e. The van der Waals surface area contributed by atoms with Crippen molar-refractivity contribution in [2.45, 2.75) is 58.2 Å². The highest BCUT2D eigenvalue weighted by Gasteiger charge is 2.39. The summed E-state index contributed by atoms with van der Waals surface area (Å²) in [4.78, 5) is 26.2. The van der Waals surface area contributed by atoms with Crippen LogP contribution in [0.1, 0.15) is 70.2 Å². The fourth-order valence-electron chi connectivity index (χ4n) is 4.30. The van der Waals surface area contributed by atoms with E-state index in [0.717, 1.165) is 37.0 Å². The number of benzene rings is 2. The van der Waals surface area contributed by atoms with E-state index in [1.807, 2.05) is 6.07 Å². The van der Waals surface area contributed by atoms with Crippen LogP contribution in [0.15, 0.2) is 30.3 Å². The lowest BCUT2D eigenvalue weighted by Gasteiger charge is -2.38.